The summed E-state index contributed by atoms with van der Waals surface area (Å²) in [7, 11) is 0. The summed E-state index contributed by atoms with van der Waals surface area (Å²) in [6.07, 6.45) is 0. The molecule has 3 nitrogen and oxygen atoms in total. The van der Waals surface area contributed by atoms with Gasteiger partial charge in [-0.2, -0.15) is 0 Å². The summed E-state index contributed by atoms with van der Waals surface area (Å²) in [6.45, 7) is 8.63. The maximum absolute atomic E-state index is 12.3. The lowest BCUT2D eigenvalue weighted by Crippen LogP contribution is -2.38. The molecule has 0 aliphatic heterocycles. The van der Waals surface area contributed by atoms with Crippen LogP contribution in [0.1, 0.15) is 25.0 Å². The van der Waals surface area contributed by atoms with Gasteiger partial charge in [-0.15, -0.1) is 0 Å². The zero-order valence-corrected chi connectivity index (χ0v) is 13.8. The SMILES string of the molecule is Cc1ccc(NC(=O)CN(c2ccc(C)cc2)C(C)C)cc1. The molecule has 3 heteroatoms. The summed E-state index contributed by atoms with van der Waals surface area (Å²) >= 11 is 0. The van der Waals surface area contributed by atoms with Gasteiger partial charge in [0.1, 0.15) is 0 Å². The number of carbonyl (C=O) groups is 1. The summed E-state index contributed by atoms with van der Waals surface area (Å²) in [5.74, 6) is -0.00173. The summed E-state index contributed by atoms with van der Waals surface area (Å²) in [5.41, 5.74) is 4.31. The van der Waals surface area contributed by atoms with Gasteiger partial charge < -0.3 is 10.2 Å². The average Bonchev–Trinajstić information content (AvgIpc) is 2.48. The van der Waals surface area contributed by atoms with E-state index in [4.69, 9.17) is 0 Å². The molecule has 0 bridgehead atoms. The van der Waals surface area contributed by atoms with E-state index in [1.807, 2.05) is 31.2 Å². The molecule has 22 heavy (non-hydrogen) atoms. The first-order chi connectivity index (χ1) is 10.5. The predicted octanol–water partition coefficient (Wildman–Crippen LogP) is 4.16. The molecule has 0 unspecified atom stereocenters. The van der Waals surface area contributed by atoms with Crippen LogP contribution in [0.3, 0.4) is 0 Å². The van der Waals surface area contributed by atoms with Gasteiger partial charge in [0, 0.05) is 17.4 Å². The van der Waals surface area contributed by atoms with E-state index in [1.165, 1.54) is 11.1 Å². The summed E-state index contributed by atoms with van der Waals surface area (Å²) in [6, 6.07) is 16.4. The Hall–Kier alpha value is -2.29. The molecule has 0 saturated carbocycles. The summed E-state index contributed by atoms with van der Waals surface area (Å²) in [4.78, 5) is 14.4. The molecule has 0 radical (unpaired) electrons. The minimum Gasteiger partial charge on any atom is -0.360 e. The number of hydrogen-bond acceptors (Lipinski definition) is 2. The van der Waals surface area contributed by atoms with Crippen molar-refractivity contribution in [2.24, 2.45) is 0 Å². The lowest BCUT2D eigenvalue weighted by Gasteiger charge is -2.28. The monoisotopic (exact) mass is 296 g/mol. The van der Waals surface area contributed by atoms with Crippen molar-refractivity contribution in [3.63, 3.8) is 0 Å². The lowest BCUT2D eigenvalue weighted by molar-refractivity contribution is -0.115. The maximum atomic E-state index is 12.3. The van der Waals surface area contributed by atoms with Crippen molar-refractivity contribution in [3.8, 4) is 0 Å². The molecule has 0 aliphatic rings. The summed E-state index contributed by atoms with van der Waals surface area (Å²) in [5, 5.41) is 2.96. The number of rotatable bonds is 5. The Morgan fingerprint density at radius 3 is 1.95 bits per heavy atom. The van der Waals surface area contributed by atoms with Gasteiger partial charge >= 0.3 is 0 Å². The number of hydrogen-bond donors (Lipinski definition) is 1. The maximum Gasteiger partial charge on any atom is 0.243 e. The van der Waals surface area contributed by atoms with E-state index in [0.29, 0.717) is 6.54 Å². The van der Waals surface area contributed by atoms with E-state index >= 15 is 0 Å². The van der Waals surface area contributed by atoms with E-state index in [0.717, 1.165) is 11.4 Å². The molecule has 2 rings (SSSR count). The molecular weight excluding hydrogens is 272 g/mol. The number of anilines is 2. The highest BCUT2D eigenvalue weighted by molar-refractivity contribution is 5.94. The minimum atomic E-state index is -0.00173. The van der Waals surface area contributed by atoms with Crippen molar-refractivity contribution in [1.29, 1.82) is 0 Å². The molecule has 116 valence electrons. The van der Waals surface area contributed by atoms with Crippen LogP contribution in [0, 0.1) is 13.8 Å². The van der Waals surface area contributed by atoms with E-state index in [9.17, 15) is 4.79 Å². The van der Waals surface area contributed by atoms with Gasteiger partial charge in [-0.3, -0.25) is 4.79 Å². The zero-order chi connectivity index (χ0) is 16.1. The molecule has 0 aliphatic carbocycles. The first kappa shape index (κ1) is 16.1. The average molecular weight is 296 g/mol. The van der Waals surface area contributed by atoms with Gasteiger partial charge in [0.05, 0.1) is 6.54 Å². The number of amides is 1. The second kappa shape index (κ2) is 7.12. The molecule has 0 heterocycles. The second-order valence-corrected chi connectivity index (χ2v) is 5.97. The van der Waals surface area contributed by atoms with Crippen molar-refractivity contribution in [2.75, 3.05) is 16.8 Å². The van der Waals surface area contributed by atoms with Crippen LogP contribution in [-0.4, -0.2) is 18.5 Å². The first-order valence-corrected chi connectivity index (χ1v) is 7.65. The fourth-order valence-electron chi connectivity index (χ4n) is 2.30. The van der Waals surface area contributed by atoms with E-state index < -0.39 is 0 Å². The third-order valence-electron chi connectivity index (χ3n) is 3.64. The number of aryl methyl sites for hydroxylation is 2. The topological polar surface area (TPSA) is 32.3 Å². The van der Waals surface area contributed by atoms with Gasteiger partial charge in [-0.1, -0.05) is 35.4 Å². The molecule has 0 aromatic heterocycles. The van der Waals surface area contributed by atoms with Crippen molar-refractivity contribution < 1.29 is 4.79 Å². The summed E-state index contributed by atoms with van der Waals surface area (Å²) < 4.78 is 0. The fourth-order valence-corrected chi connectivity index (χ4v) is 2.30. The second-order valence-electron chi connectivity index (χ2n) is 5.97. The third kappa shape index (κ3) is 4.35. The molecule has 0 saturated heterocycles. The molecular formula is C19H24N2O. The molecule has 1 N–H and O–H groups in total. The highest BCUT2D eigenvalue weighted by Gasteiger charge is 2.14. The lowest BCUT2D eigenvalue weighted by atomic mass is 10.2. The first-order valence-electron chi connectivity index (χ1n) is 7.65. The van der Waals surface area contributed by atoms with Crippen molar-refractivity contribution in [1.82, 2.24) is 0 Å². The Bertz CT molecular complexity index is 615. The highest BCUT2D eigenvalue weighted by Crippen LogP contribution is 2.18. The third-order valence-corrected chi connectivity index (χ3v) is 3.64. The number of nitrogens with zero attached hydrogens (tertiary/aromatic N) is 1. The Morgan fingerprint density at radius 2 is 1.45 bits per heavy atom. The van der Waals surface area contributed by atoms with E-state index in [2.05, 4.69) is 55.3 Å². The minimum absolute atomic E-state index is 0.00173. The van der Waals surface area contributed by atoms with Crippen molar-refractivity contribution >= 4 is 17.3 Å². The molecule has 0 atom stereocenters. The highest BCUT2D eigenvalue weighted by atomic mass is 16.2. The van der Waals surface area contributed by atoms with Crippen LogP contribution in [-0.2, 0) is 4.79 Å². The number of carbonyl (C=O) groups excluding carboxylic acids is 1. The zero-order valence-electron chi connectivity index (χ0n) is 13.8. The quantitative estimate of drug-likeness (QED) is 0.898. The van der Waals surface area contributed by atoms with Gasteiger partial charge in [0.2, 0.25) is 5.91 Å². The van der Waals surface area contributed by atoms with E-state index in [1.54, 1.807) is 0 Å². The molecule has 0 spiro atoms. The van der Waals surface area contributed by atoms with Crippen LogP contribution >= 0.6 is 0 Å². The fraction of sp³-hybridized carbons (Fsp3) is 0.316. The van der Waals surface area contributed by atoms with Crippen molar-refractivity contribution in [2.45, 2.75) is 33.7 Å². The van der Waals surface area contributed by atoms with Crippen LogP contribution in [0.5, 0.6) is 0 Å². The Morgan fingerprint density at radius 1 is 0.955 bits per heavy atom. The van der Waals surface area contributed by atoms with E-state index in [-0.39, 0.29) is 11.9 Å². The Labute approximate surface area is 133 Å². The van der Waals surface area contributed by atoms with Gasteiger partial charge in [-0.25, -0.2) is 0 Å². The molecule has 1 amide bonds. The predicted molar refractivity (Wildman–Crippen MR) is 93.5 cm³/mol. The van der Waals surface area contributed by atoms with Gasteiger partial charge in [-0.05, 0) is 52.0 Å². The van der Waals surface area contributed by atoms with Gasteiger partial charge in [0.25, 0.3) is 0 Å². The van der Waals surface area contributed by atoms with Gasteiger partial charge in [0.15, 0.2) is 0 Å². The molecule has 2 aromatic rings. The standard InChI is InChI=1S/C19H24N2O/c1-14(2)21(18-11-7-16(4)8-12-18)13-19(22)20-17-9-5-15(3)6-10-17/h5-12,14H,13H2,1-4H3,(H,20,22). The van der Waals surface area contributed by atoms with Crippen LogP contribution in [0.25, 0.3) is 0 Å². The largest absolute Gasteiger partial charge is 0.360 e. The molecule has 0 fully saturated rings. The Kier molecular flexibility index (Phi) is 5.21. The van der Waals surface area contributed by atoms with Crippen LogP contribution in [0.15, 0.2) is 48.5 Å². The van der Waals surface area contributed by atoms with Crippen molar-refractivity contribution in [3.05, 3.63) is 59.7 Å². The normalized spacial score (nSPS) is 10.6. The Balaban J connectivity index is 2.05. The van der Waals surface area contributed by atoms with Crippen LogP contribution < -0.4 is 10.2 Å². The van der Waals surface area contributed by atoms with Crippen LogP contribution in [0.4, 0.5) is 11.4 Å². The van der Waals surface area contributed by atoms with Crippen LogP contribution in [0.2, 0.25) is 0 Å². The number of benzene rings is 2. The molecule has 2 aromatic carbocycles. The number of nitrogens with one attached hydrogen (secondary N) is 1. The smallest absolute Gasteiger partial charge is 0.243 e.